The van der Waals surface area contributed by atoms with Crippen LogP contribution in [0.25, 0.3) is 29.0 Å². The molecule has 0 aliphatic carbocycles. The van der Waals surface area contributed by atoms with Crippen LogP contribution in [-0.2, 0) is 6.54 Å². The molecule has 126 valence electrons. The molecule has 0 aliphatic rings. The van der Waals surface area contributed by atoms with Gasteiger partial charge in [0.2, 0.25) is 0 Å². The van der Waals surface area contributed by atoms with Gasteiger partial charge < -0.3 is 0 Å². The van der Waals surface area contributed by atoms with Crippen LogP contribution in [0.1, 0.15) is 5.56 Å². The van der Waals surface area contributed by atoms with Gasteiger partial charge in [0.15, 0.2) is 11.6 Å². The highest BCUT2D eigenvalue weighted by molar-refractivity contribution is 5.59. The minimum Gasteiger partial charge on any atom is -0.261 e. The fourth-order valence-electron chi connectivity index (χ4n) is 2.64. The highest BCUT2D eigenvalue weighted by Gasteiger charge is 2.13. The summed E-state index contributed by atoms with van der Waals surface area (Å²) in [4.78, 5) is 13.2. The van der Waals surface area contributed by atoms with Crippen molar-refractivity contribution in [3.8, 4) is 22.9 Å². The molecule has 0 atom stereocenters. The summed E-state index contributed by atoms with van der Waals surface area (Å²) in [5.41, 5.74) is 2.83. The molecule has 4 rings (SSSR count). The van der Waals surface area contributed by atoms with Crippen molar-refractivity contribution in [3.63, 3.8) is 0 Å². The minimum absolute atomic E-state index is 0.598. The van der Waals surface area contributed by atoms with Gasteiger partial charge in [0.25, 0.3) is 0 Å². The second kappa shape index (κ2) is 7.53. The molecular formula is C21H17N5. The molecule has 0 amide bonds. The number of hydrogen-bond acceptors (Lipinski definition) is 4. The van der Waals surface area contributed by atoms with Crippen LogP contribution in [0.3, 0.4) is 0 Å². The van der Waals surface area contributed by atoms with Crippen molar-refractivity contribution in [1.82, 2.24) is 24.7 Å². The van der Waals surface area contributed by atoms with Gasteiger partial charge >= 0.3 is 0 Å². The van der Waals surface area contributed by atoms with Crippen molar-refractivity contribution in [2.24, 2.45) is 0 Å². The van der Waals surface area contributed by atoms with Gasteiger partial charge in [0, 0.05) is 18.0 Å². The molecule has 2 heterocycles. The first-order chi connectivity index (χ1) is 12.9. The van der Waals surface area contributed by atoms with Crippen LogP contribution in [0.2, 0.25) is 0 Å². The van der Waals surface area contributed by atoms with Crippen LogP contribution >= 0.6 is 0 Å². The summed E-state index contributed by atoms with van der Waals surface area (Å²) < 4.78 is 1.85. The molecule has 5 heteroatoms. The molecule has 4 aromatic rings. The van der Waals surface area contributed by atoms with E-state index < -0.39 is 0 Å². The Labute approximate surface area is 151 Å². The van der Waals surface area contributed by atoms with Crippen molar-refractivity contribution in [2.75, 3.05) is 0 Å². The average molecular weight is 339 g/mol. The van der Waals surface area contributed by atoms with Crippen molar-refractivity contribution in [3.05, 3.63) is 90.9 Å². The van der Waals surface area contributed by atoms with Gasteiger partial charge in [0.05, 0.1) is 12.7 Å². The molecule has 5 nitrogen and oxygen atoms in total. The van der Waals surface area contributed by atoms with E-state index in [-0.39, 0.29) is 0 Å². The Morgan fingerprint density at radius 1 is 0.885 bits per heavy atom. The maximum absolute atomic E-state index is 4.69. The summed E-state index contributed by atoms with van der Waals surface area (Å²) in [5.74, 6) is 1.38. The van der Waals surface area contributed by atoms with E-state index in [1.54, 1.807) is 18.6 Å². The molecule has 0 aliphatic heterocycles. The molecule has 0 unspecified atom stereocenters. The number of rotatable bonds is 5. The molecule has 0 radical (unpaired) electrons. The van der Waals surface area contributed by atoms with Crippen LogP contribution in [0.15, 0.2) is 85.3 Å². The maximum atomic E-state index is 4.69. The van der Waals surface area contributed by atoms with Gasteiger partial charge in [0.1, 0.15) is 5.69 Å². The van der Waals surface area contributed by atoms with Crippen molar-refractivity contribution < 1.29 is 0 Å². The van der Waals surface area contributed by atoms with Gasteiger partial charge in [-0.1, -0.05) is 72.8 Å². The highest BCUT2D eigenvalue weighted by atomic mass is 15.3. The summed E-state index contributed by atoms with van der Waals surface area (Å²) in [6, 6.07) is 20.1. The van der Waals surface area contributed by atoms with Gasteiger partial charge in [-0.15, -0.1) is 0 Å². The van der Waals surface area contributed by atoms with Crippen LogP contribution in [0.5, 0.6) is 0 Å². The first-order valence-corrected chi connectivity index (χ1v) is 8.38. The number of aromatic nitrogens is 5. The zero-order valence-electron chi connectivity index (χ0n) is 14.1. The van der Waals surface area contributed by atoms with Crippen molar-refractivity contribution in [1.29, 1.82) is 0 Å². The second-order valence-corrected chi connectivity index (χ2v) is 5.71. The van der Waals surface area contributed by atoms with Crippen molar-refractivity contribution in [2.45, 2.75) is 6.54 Å². The molecule has 0 bridgehead atoms. The Bertz CT molecular complexity index is 993. The summed E-state index contributed by atoms with van der Waals surface area (Å²) in [5, 5.41) is 4.67. The Kier molecular flexibility index (Phi) is 4.60. The zero-order valence-corrected chi connectivity index (χ0v) is 14.1. The third-order valence-electron chi connectivity index (χ3n) is 3.88. The number of allylic oxidation sites excluding steroid dienone is 1. The molecule has 0 N–H and O–H groups in total. The predicted octanol–water partition coefficient (Wildman–Crippen LogP) is 4.12. The lowest BCUT2D eigenvalue weighted by atomic mass is 10.2. The quantitative estimate of drug-likeness (QED) is 0.549. The maximum Gasteiger partial charge on any atom is 0.181 e. The third-order valence-corrected chi connectivity index (χ3v) is 3.88. The first kappa shape index (κ1) is 15.9. The van der Waals surface area contributed by atoms with E-state index in [2.05, 4.69) is 39.4 Å². The van der Waals surface area contributed by atoms with Gasteiger partial charge in [-0.3, -0.25) is 4.98 Å². The minimum atomic E-state index is 0.598. The summed E-state index contributed by atoms with van der Waals surface area (Å²) in [6.45, 7) is 0.598. The monoisotopic (exact) mass is 339 g/mol. The van der Waals surface area contributed by atoms with E-state index >= 15 is 0 Å². The molecule has 26 heavy (non-hydrogen) atoms. The smallest absolute Gasteiger partial charge is 0.181 e. The largest absolute Gasteiger partial charge is 0.261 e. The van der Waals surface area contributed by atoms with Gasteiger partial charge in [-0.05, 0) is 5.56 Å². The van der Waals surface area contributed by atoms with E-state index in [1.807, 2.05) is 53.2 Å². The molecule has 0 spiro atoms. The topological polar surface area (TPSA) is 56.5 Å². The summed E-state index contributed by atoms with van der Waals surface area (Å²) in [7, 11) is 0. The molecular weight excluding hydrogens is 322 g/mol. The molecule has 0 saturated carbocycles. The van der Waals surface area contributed by atoms with Crippen molar-refractivity contribution >= 4 is 6.08 Å². The lowest BCUT2D eigenvalue weighted by Crippen LogP contribution is -2.02. The standard InChI is InChI=1S/C21H17N5/c1-3-8-17(9-4-1)10-7-15-26-21(19-16-22-13-14-23-19)24-20(25-26)18-11-5-2-6-12-18/h1-14,16H,15H2. The van der Waals surface area contributed by atoms with E-state index in [0.717, 1.165) is 11.1 Å². The fourth-order valence-corrected chi connectivity index (χ4v) is 2.64. The molecule has 0 saturated heterocycles. The van der Waals surface area contributed by atoms with Gasteiger partial charge in [-0.2, -0.15) is 5.10 Å². The van der Waals surface area contributed by atoms with Crippen LogP contribution in [0, 0.1) is 0 Å². The molecule has 0 fully saturated rings. The van der Waals surface area contributed by atoms with Crippen LogP contribution < -0.4 is 0 Å². The lowest BCUT2D eigenvalue weighted by molar-refractivity contribution is 0.709. The highest BCUT2D eigenvalue weighted by Crippen LogP contribution is 2.20. The van der Waals surface area contributed by atoms with Gasteiger partial charge in [-0.25, -0.2) is 14.6 Å². The number of hydrogen-bond donors (Lipinski definition) is 0. The second-order valence-electron chi connectivity index (χ2n) is 5.71. The Hall–Kier alpha value is -3.60. The number of nitrogens with zero attached hydrogens (tertiary/aromatic N) is 5. The summed E-state index contributed by atoms with van der Waals surface area (Å²) >= 11 is 0. The first-order valence-electron chi connectivity index (χ1n) is 8.38. The zero-order chi connectivity index (χ0) is 17.6. The van der Waals surface area contributed by atoms with Crippen LogP contribution in [-0.4, -0.2) is 24.7 Å². The fraction of sp³-hybridized carbons (Fsp3) is 0.0476. The normalized spacial score (nSPS) is 11.1. The Balaban J connectivity index is 1.68. The average Bonchev–Trinajstić information content (AvgIpc) is 3.14. The molecule has 2 aromatic heterocycles. The lowest BCUT2D eigenvalue weighted by Gasteiger charge is -2.01. The number of benzene rings is 2. The van der Waals surface area contributed by atoms with E-state index in [1.165, 1.54) is 0 Å². The predicted molar refractivity (Wildman–Crippen MR) is 102 cm³/mol. The SMILES string of the molecule is C(=Cc1ccccc1)Cn1nc(-c2ccccc2)nc1-c1cnccn1. The van der Waals surface area contributed by atoms with E-state index in [4.69, 9.17) is 4.98 Å². The Morgan fingerprint density at radius 3 is 2.38 bits per heavy atom. The molecule has 2 aromatic carbocycles. The Morgan fingerprint density at radius 2 is 1.65 bits per heavy atom. The van der Waals surface area contributed by atoms with E-state index in [9.17, 15) is 0 Å². The van der Waals surface area contributed by atoms with E-state index in [0.29, 0.717) is 23.9 Å². The third kappa shape index (κ3) is 3.57. The summed E-state index contributed by atoms with van der Waals surface area (Å²) in [6.07, 6.45) is 9.16. The van der Waals surface area contributed by atoms with Crippen LogP contribution in [0.4, 0.5) is 0 Å².